The van der Waals surface area contributed by atoms with Crippen molar-refractivity contribution < 1.29 is 4.74 Å². The number of hydrogen-bond donors (Lipinski definition) is 0. The van der Waals surface area contributed by atoms with Gasteiger partial charge in [-0.3, -0.25) is 4.90 Å². The van der Waals surface area contributed by atoms with Crippen LogP contribution in [-0.4, -0.2) is 29.6 Å². The Labute approximate surface area is 159 Å². The summed E-state index contributed by atoms with van der Waals surface area (Å²) in [7, 11) is 0. The SMILES string of the molecule is Clc1ccc(OC2CC3CCC(C2)N3CCc2ccccc2)cc1Cl. The standard InChI is InChI=1S/C21H23Cl2NO/c22-20-9-8-18(14-21(20)23)25-19-12-16-6-7-17(13-19)24(16)11-10-15-4-2-1-3-5-15/h1-5,8-9,14,16-17,19H,6-7,10-13H2. The average molecular weight is 376 g/mol. The minimum Gasteiger partial charge on any atom is -0.490 e. The van der Waals surface area contributed by atoms with Crippen LogP contribution < -0.4 is 4.74 Å². The van der Waals surface area contributed by atoms with E-state index in [4.69, 9.17) is 27.9 Å². The Morgan fingerprint density at radius 1 is 0.920 bits per heavy atom. The topological polar surface area (TPSA) is 12.5 Å². The normalized spacial score (nSPS) is 25.9. The van der Waals surface area contributed by atoms with E-state index in [0.717, 1.165) is 31.6 Å². The van der Waals surface area contributed by atoms with Crippen molar-refractivity contribution in [1.29, 1.82) is 0 Å². The molecule has 25 heavy (non-hydrogen) atoms. The van der Waals surface area contributed by atoms with E-state index in [2.05, 4.69) is 35.2 Å². The van der Waals surface area contributed by atoms with Crippen molar-refractivity contribution in [2.45, 2.75) is 50.3 Å². The molecule has 2 nitrogen and oxygen atoms in total. The lowest BCUT2D eigenvalue weighted by Gasteiger charge is -2.39. The van der Waals surface area contributed by atoms with E-state index >= 15 is 0 Å². The summed E-state index contributed by atoms with van der Waals surface area (Å²) in [5, 5.41) is 1.13. The predicted molar refractivity (Wildman–Crippen MR) is 104 cm³/mol. The maximum absolute atomic E-state index is 6.21. The minimum atomic E-state index is 0.280. The maximum Gasteiger partial charge on any atom is 0.121 e. The molecule has 2 unspecified atom stereocenters. The second kappa shape index (κ2) is 7.57. The Morgan fingerprint density at radius 2 is 1.64 bits per heavy atom. The zero-order valence-electron chi connectivity index (χ0n) is 14.2. The molecule has 2 aliphatic heterocycles. The molecule has 2 bridgehead atoms. The highest BCUT2D eigenvalue weighted by Crippen LogP contribution is 2.38. The lowest BCUT2D eigenvalue weighted by molar-refractivity contribution is 0.0502. The van der Waals surface area contributed by atoms with Crippen molar-refractivity contribution in [3.63, 3.8) is 0 Å². The number of nitrogens with zero attached hydrogens (tertiary/aromatic N) is 1. The molecule has 2 heterocycles. The molecule has 2 aromatic carbocycles. The number of piperidine rings is 1. The van der Waals surface area contributed by atoms with Gasteiger partial charge in [0.15, 0.2) is 0 Å². The van der Waals surface area contributed by atoms with Crippen LogP contribution in [-0.2, 0) is 6.42 Å². The third-order valence-corrected chi connectivity index (χ3v) is 6.28. The Morgan fingerprint density at radius 3 is 2.32 bits per heavy atom. The molecule has 2 fully saturated rings. The van der Waals surface area contributed by atoms with Gasteiger partial charge in [-0.1, -0.05) is 53.5 Å². The van der Waals surface area contributed by atoms with Crippen LogP contribution in [0.4, 0.5) is 0 Å². The van der Waals surface area contributed by atoms with E-state index in [1.54, 1.807) is 0 Å². The molecule has 0 amide bonds. The van der Waals surface area contributed by atoms with Gasteiger partial charge in [0.25, 0.3) is 0 Å². The molecule has 0 radical (unpaired) electrons. The first-order valence-corrected chi connectivity index (χ1v) is 9.86. The van der Waals surface area contributed by atoms with Crippen molar-refractivity contribution in [3.8, 4) is 5.75 Å². The van der Waals surface area contributed by atoms with E-state index in [1.807, 2.05) is 18.2 Å². The molecule has 2 aromatic rings. The predicted octanol–water partition coefficient (Wildman–Crippen LogP) is 5.61. The maximum atomic E-state index is 6.21. The van der Waals surface area contributed by atoms with Gasteiger partial charge < -0.3 is 4.74 Å². The van der Waals surface area contributed by atoms with Crippen molar-refractivity contribution in [1.82, 2.24) is 4.90 Å². The number of hydrogen-bond acceptors (Lipinski definition) is 2. The van der Waals surface area contributed by atoms with Crippen LogP contribution in [0.25, 0.3) is 0 Å². The molecule has 4 heteroatoms. The van der Waals surface area contributed by atoms with Crippen LogP contribution in [0, 0.1) is 0 Å². The fourth-order valence-electron chi connectivity index (χ4n) is 4.33. The molecular formula is C21H23Cl2NO. The first kappa shape index (κ1) is 17.2. The van der Waals surface area contributed by atoms with Gasteiger partial charge in [-0.2, -0.15) is 0 Å². The second-order valence-electron chi connectivity index (χ2n) is 7.15. The van der Waals surface area contributed by atoms with Gasteiger partial charge in [0.2, 0.25) is 0 Å². The van der Waals surface area contributed by atoms with E-state index in [-0.39, 0.29) is 6.10 Å². The Kier molecular flexibility index (Phi) is 5.21. The van der Waals surface area contributed by atoms with Crippen LogP contribution in [0.2, 0.25) is 10.0 Å². The fourth-order valence-corrected chi connectivity index (χ4v) is 4.62. The van der Waals surface area contributed by atoms with Crippen LogP contribution in [0.5, 0.6) is 5.75 Å². The second-order valence-corrected chi connectivity index (χ2v) is 7.96. The van der Waals surface area contributed by atoms with Gasteiger partial charge in [0.1, 0.15) is 11.9 Å². The molecular weight excluding hydrogens is 353 g/mol. The molecule has 2 aliphatic rings. The highest BCUT2D eigenvalue weighted by molar-refractivity contribution is 6.42. The van der Waals surface area contributed by atoms with Gasteiger partial charge in [-0.05, 0) is 49.8 Å². The molecule has 0 saturated carbocycles. The van der Waals surface area contributed by atoms with Crippen molar-refractivity contribution in [2.24, 2.45) is 0 Å². The third kappa shape index (κ3) is 3.97. The van der Waals surface area contributed by atoms with Crippen molar-refractivity contribution in [3.05, 3.63) is 64.1 Å². The molecule has 0 aromatic heterocycles. The lowest BCUT2D eigenvalue weighted by atomic mass is 9.98. The molecule has 132 valence electrons. The fraction of sp³-hybridized carbons (Fsp3) is 0.429. The summed E-state index contributed by atoms with van der Waals surface area (Å²) < 4.78 is 6.21. The Balaban J connectivity index is 1.35. The summed E-state index contributed by atoms with van der Waals surface area (Å²) in [6.07, 6.45) is 6.20. The zero-order valence-corrected chi connectivity index (χ0v) is 15.7. The highest BCUT2D eigenvalue weighted by atomic mass is 35.5. The molecule has 2 atom stereocenters. The number of ether oxygens (including phenoxy) is 1. The van der Waals surface area contributed by atoms with Crippen molar-refractivity contribution >= 4 is 23.2 Å². The summed E-state index contributed by atoms with van der Waals surface area (Å²) in [4.78, 5) is 2.71. The summed E-state index contributed by atoms with van der Waals surface area (Å²) >= 11 is 12.1. The summed E-state index contributed by atoms with van der Waals surface area (Å²) in [5.41, 5.74) is 1.43. The summed E-state index contributed by atoms with van der Waals surface area (Å²) in [6, 6.07) is 17.6. The Hall–Kier alpha value is -1.22. The number of rotatable bonds is 5. The van der Waals surface area contributed by atoms with Crippen molar-refractivity contribution in [2.75, 3.05) is 6.54 Å². The highest BCUT2D eigenvalue weighted by Gasteiger charge is 2.41. The van der Waals surface area contributed by atoms with Crippen LogP contribution in [0.3, 0.4) is 0 Å². The first-order chi connectivity index (χ1) is 12.2. The molecule has 4 rings (SSSR count). The quantitative estimate of drug-likeness (QED) is 0.673. The first-order valence-electron chi connectivity index (χ1n) is 9.10. The largest absolute Gasteiger partial charge is 0.490 e. The van der Waals surface area contributed by atoms with E-state index in [0.29, 0.717) is 22.1 Å². The van der Waals surface area contributed by atoms with E-state index in [1.165, 1.54) is 18.4 Å². The smallest absolute Gasteiger partial charge is 0.121 e. The minimum absolute atomic E-state index is 0.280. The number of fused-ring (bicyclic) bond motifs is 2. The summed E-state index contributed by atoms with van der Waals surface area (Å²) in [5.74, 6) is 0.830. The molecule has 2 saturated heterocycles. The number of benzene rings is 2. The average Bonchev–Trinajstić information content (AvgIpc) is 2.86. The number of halogens is 2. The van der Waals surface area contributed by atoms with E-state index in [9.17, 15) is 0 Å². The van der Waals surface area contributed by atoms with Gasteiger partial charge in [-0.15, -0.1) is 0 Å². The zero-order chi connectivity index (χ0) is 17.2. The van der Waals surface area contributed by atoms with Crippen LogP contribution in [0.1, 0.15) is 31.2 Å². The van der Waals surface area contributed by atoms with Gasteiger partial charge in [0, 0.05) is 24.7 Å². The summed E-state index contributed by atoms with van der Waals surface area (Å²) in [6.45, 7) is 1.15. The molecule has 0 N–H and O–H groups in total. The van der Waals surface area contributed by atoms with Gasteiger partial charge >= 0.3 is 0 Å². The Bertz CT molecular complexity index is 707. The monoisotopic (exact) mass is 375 g/mol. The third-order valence-electron chi connectivity index (χ3n) is 5.54. The molecule has 0 spiro atoms. The van der Waals surface area contributed by atoms with Crippen LogP contribution >= 0.6 is 23.2 Å². The van der Waals surface area contributed by atoms with Crippen LogP contribution in [0.15, 0.2) is 48.5 Å². The van der Waals surface area contributed by atoms with Gasteiger partial charge in [-0.25, -0.2) is 0 Å². The van der Waals surface area contributed by atoms with Gasteiger partial charge in [0.05, 0.1) is 10.0 Å². The van der Waals surface area contributed by atoms with E-state index < -0.39 is 0 Å². The lowest BCUT2D eigenvalue weighted by Crippen LogP contribution is -2.47. The molecule has 0 aliphatic carbocycles.